The summed E-state index contributed by atoms with van der Waals surface area (Å²) in [6.07, 6.45) is 11.4. The number of aliphatic carboxylic acids is 3. The van der Waals surface area contributed by atoms with Crippen LogP contribution in [0.5, 0.6) is 28.7 Å². The lowest BCUT2D eigenvalue weighted by atomic mass is 9.76. The summed E-state index contributed by atoms with van der Waals surface area (Å²) in [6, 6.07) is 26.9. The number of nitrogens with one attached hydrogen (secondary N) is 2. The molecular weight excluding hydrogens is 1570 g/mol. The summed E-state index contributed by atoms with van der Waals surface area (Å²) >= 11 is 0.788. The number of carbonyl (C=O) groups is 6. The van der Waals surface area contributed by atoms with E-state index in [1.54, 1.807) is 30.3 Å². The Morgan fingerprint density at radius 3 is 1.87 bits per heavy atom. The van der Waals surface area contributed by atoms with Crippen LogP contribution >= 0.6 is 12.0 Å². The first kappa shape index (κ1) is 84.6. The van der Waals surface area contributed by atoms with Gasteiger partial charge in [-0.05, 0) is 173 Å². The Kier molecular flexibility index (Phi) is 25.8. The van der Waals surface area contributed by atoms with Crippen molar-refractivity contribution in [1.82, 2.24) is 20.4 Å². The topological polar surface area (TPSA) is 470 Å². The zero-order valence-electron chi connectivity index (χ0n) is 62.2. The summed E-state index contributed by atoms with van der Waals surface area (Å²) in [5.74, 6) is -7.00. The second-order valence-electron chi connectivity index (χ2n) is 28.9. The molecule has 0 bridgehead atoms. The zero-order valence-corrected chi connectivity index (χ0v) is 65.5. The van der Waals surface area contributed by atoms with Crippen LogP contribution in [0.4, 0.5) is 11.4 Å². The van der Waals surface area contributed by atoms with Crippen LogP contribution in [0.3, 0.4) is 0 Å². The second kappa shape index (κ2) is 34.8. The minimum Gasteiger partial charge on any atom is -0.507 e. The third-order valence-electron chi connectivity index (χ3n) is 20.4. The lowest BCUT2D eigenvalue weighted by Crippen LogP contribution is -2.42. The van der Waals surface area contributed by atoms with Gasteiger partial charge >= 0.3 is 23.9 Å². The number of allylic oxidation sites excluding steroid dienone is 7. The van der Waals surface area contributed by atoms with Crippen LogP contribution in [0.2, 0.25) is 0 Å². The molecule has 2 amide bonds. The van der Waals surface area contributed by atoms with Gasteiger partial charge in [0.15, 0.2) is 11.3 Å². The van der Waals surface area contributed by atoms with Gasteiger partial charge in [-0.2, -0.15) is 29.8 Å². The Bertz CT molecular complexity index is 5330. The van der Waals surface area contributed by atoms with Crippen molar-refractivity contribution < 1.29 is 127 Å². The highest BCUT2D eigenvalue weighted by Gasteiger charge is 2.55. The lowest BCUT2D eigenvalue weighted by Gasteiger charge is -2.39. The number of phenolic OH excluding ortho intramolecular Hbond substituents is 2. The number of phenols is 2. The van der Waals surface area contributed by atoms with E-state index < -0.39 is 133 Å². The van der Waals surface area contributed by atoms with Gasteiger partial charge in [0.05, 0.1) is 75.9 Å². The molecule has 606 valence electrons. The number of carboxylic acids is 3. The third kappa shape index (κ3) is 19.0. The maximum absolute atomic E-state index is 13.8. The molecule has 0 fully saturated rings. The van der Waals surface area contributed by atoms with Crippen LogP contribution in [-0.2, 0) is 98.0 Å². The molecule has 1 aliphatic carbocycles. The van der Waals surface area contributed by atoms with Gasteiger partial charge in [-0.3, -0.25) is 47.4 Å². The van der Waals surface area contributed by atoms with E-state index in [1.165, 1.54) is 71.6 Å². The highest BCUT2D eigenvalue weighted by molar-refractivity contribution is 7.94. The van der Waals surface area contributed by atoms with E-state index in [2.05, 4.69) is 20.6 Å². The van der Waals surface area contributed by atoms with Crippen LogP contribution in [0.1, 0.15) is 135 Å². The first-order valence-electron chi connectivity index (χ1n) is 36.1. The van der Waals surface area contributed by atoms with Crippen LogP contribution in [-0.4, -0.2) is 184 Å². The van der Waals surface area contributed by atoms with E-state index in [0.29, 0.717) is 91.1 Å². The fourth-order valence-corrected chi connectivity index (χ4v) is 17.1. The minimum atomic E-state index is -4.65. The zero-order chi connectivity index (χ0) is 82.4. The molecule has 11 N–H and O–H groups in total. The molecule has 114 heavy (non-hydrogen) atoms. The van der Waals surface area contributed by atoms with Crippen molar-refractivity contribution in [3.05, 3.63) is 201 Å². The summed E-state index contributed by atoms with van der Waals surface area (Å²) in [6.45, 7) is 4.51. The summed E-state index contributed by atoms with van der Waals surface area (Å²) in [4.78, 5) is 81.3. The molecule has 6 aromatic carbocycles. The van der Waals surface area contributed by atoms with Gasteiger partial charge in [0.25, 0.3) is 30.4 Å². The van der Waals surface area contributed by atoms with E-state index in [0.717, 1.165) is 45.2 Å². The molecule has 0 radical (unpaired) electrons. The molecule has 1 spiro atoms. The van der Waals surface area contributed by atoms with E-state index >= 15 is 0 Å². The van der Waals surface area contributed by atoms with Crippen LogP contribution in [0.15, 0.2) is 171 Å². The number of hydrogen-bond donors (Lipinski definition) is 11. The SMILES string of the molecule is CC1(C)C(=CC=C2CCCC(C=CC3=[N+](CCCCCC(=O)NCCNC(=O)CN(CC(=O)O)Cc4c(O)ccc5c4Oc4c(ccc(O)c4CN(CC(=O)O)CC(=O)O)C54OC(=O)c5ccccc54)c4ccc(S(=O)(=O)O)cc4C3(C)C)=C2Oc2ccc(S(=O)(=O)O)cc2)N(CCCCS(=O)(=O)O)c2ccc(SOOO)cc21. The molecule has 0 aromatic heterocycles. The maximum Gasteiger partial charge on any atom is 0.340 e. The quantitative estimate of drug-likeness (QED) is 0.00331. The molecule has 11 rings (SSSR count). The number of rotatable bonds is 36. The summed E-state index contributed by atoms with van der Waals surface area (Å²) in [5.41, 5.74) is 3.00. The number of carboxylic acid groups (broad SMARTS) is 3. The Morgan fingerprint density at radius 1 is 0.640 bits per heavy atom. The Balaban J connectivity index is 0.787. The number of ether oxygens (including phenoxy) is 3. The van der Waals surface area contributed by atoms with Crippen molar-refractivity contribution in [2.75, 3.05) is 63.0 Å². The maximum atomic E-state index is 13.8. The smallest absolute Gasteiger partial charge is 0.340 e. The molecule has 0 saturated carbocycles. The monoisotopic (exact) mass is 1650 g/mol. The molecule has 1 unspecified atom stereocenters. The molecule has 5 aliphatic rings. The van der Waals surface area contributed by atoms with Gasteiger partial charge < -0.3 is 55.3 Å². The molecule has 36 heteroatoms. The third-order valence-corrected chi connectivity index (χ3v) is 23.5. The molecular formula is C78H85N6O26S4+. The van der Waals surface area contributed by atoms with Crippen molar-refractivity contribution in [2.24, 2.45) is 0 Å². The number of carbonyl (C=O) groups excluding carboxylic acids is 3. The van der Waals surface area contributed by atoms with Crippen LogP contribution < -0.4 is 25.0 Å². The summed E-state index contributed by atoms with van der Waals surface area (Å²) < 4.78 is 129. The first-order chi connectivity index (χ1) is 53.9. The molecule has 4 heterocycles. The number of nitrogens with zero attached hydrogens (tertiary/aromatic N) is 4. The summed E-state index contributed by atoms with van der Waals surface area (Å²) in [5, 5.41) is 70.8. The highest BCUT2D eigenvalue weighted by atomic mass is 32.2. The number of anilines is 1. The Labute approximate surface area is 660 Å². The largest absolute Gasteiger partial charge is 0.507 e. The van der Waals surface area contributed by atoms with Crippen molar-refractivity contribution in [2.45, 2.75) is 130 Å². The van der Waals surface area contributed by atoms with E-state index in [4.69, 9.17) is 23.8 Å². The Morgan fingerprint density at radius 2 is 1.25 bits per heavy atom. The van der Waals surface area contributed by atoms with Crippen molar-refractivity contribution in [1.29, 1.82) is 0 Å². The fourth-order valence-electron chi connectivity index (χ4n) is 15.2. The second-order valence-corrected chi connectivity index (χ2v) is 34.1. The molecule has 6 aromatic rings. The van der Waals surface area contributed by atoms with E-state index in [-0.39, 0.29) is 86.7 Å². The predicted octanol–water partition coefficient (Wildman–Crippen LogP) is 9.66. The number of fused-ring (bicyclic) bond motifs is 8. The number of amides is 2. The molecule has 32 nitrogen and oxygen atoms in total. The minimum absolute atomic E-state index is 0.0395. The van der Waals surface area contributed by atoms with Gasteiger partial charge in [-0.15, -0.1) is 4.33 Å². The van der Waals surface area contributed by atoms with E-state index in [1.807, 2.05) is 68.7 Å². The van der Waals surface area contributed by atoms with Crippen molar-refractivity contribution >= 4 is 95.2 Å². The molecule has 1 atom stereocenters. The van der Waals surface area contributed by atoms with Crippen molar-refractivity contribution in [3.8, 4) is 28.7 Å². The normalized spacial score (nSPS) is 17.5. The molecule has 4 aliphatic heterocycles. The first-order valence-corrected chi connectivity index (χ1v) is 41.3. The van der Waals surface area contributed by atoms with Gasteiger partial charge in [0.1, 0.15) is 41.1 Å². The van der Waals surface area contributed by atoms with Gasteiger partial charge in [-0.1, -0.05) is 43.2 Å². The van der Waals surface area contributed by atoms with Gasteiger partial charge in [0, 0.05) is 102 Å². The molecule has 0 saturated heterocycles. The highest BCUT2D eigenvalue weighted by Crippen LogP contribution is 2.60. The predicted molar refractivity (Wildman–Crippen MR) is 411 cm³/mol. The number of aromatic hydroxyl groups is 2. The number of hydrogen-bond acceptors (Lipinski definition) is 24. The average Bonchev–Trinajstić information content (AvgIpc) is 1.48. The Hall–Kier alpha value is -10.4. The van der Waals surface area contributed by atoms with Crippen LogP contribution in [0, 0.1) is 0 Å². The number of unbranched alkanes of at least 4 members (excludes halogenated alkanes) is 3. The van der Waals surface area contributed by atoms with Crippen molar-refractivity contribution in [3.63, 3.8) is 0 Å². The lowest BCUT2D eigenvalue weighted by molar-refractivity contribution is -0.438. The standard InChI is InChI=1S/C78H84N6O26S4/c1-76(2)59-39-50(111-110-109-96)22-28-61(59)84(37-10-11-38-112(97,98)99)65(76)32-18-47-13-12-14-48(72(47)106-49-20-23-51(24-21-49)113(100,101)102)19-33-66-77(3,4)60-40-52(114(103,104)105)25-29-62(60)83(66)36-9-5-6-17-67(87)79-34-35-80-68(88)43-81(44-69(89)90)41-54-63(85)30-26-57-73(54)107-74-55(42-82(45-70(91)92)46-71(93)94)64(86)31-27-58(74)78(57)56-16-8-7-15-53(56)75(95)108-78/h7-8,15-16,18-33,39-40H,5-6,9-14,17,34-38,41-46H2,1-4H3,(H10-,79,80,85,86,87,88,89,90,91,92,93,94,96,97,98,99,100,101,102,103,104,105)/p+1. The van der Waals surface area contributed by atoms with E-state index in [9.17, 15) is 93.2 Å². The summed E-state index contributed by atoms with van der Waals surface area (Å²) in [7, 11) is -13.5. The average molecular weight is 1650 g/mol. The van der Waals surface area contributed by atoms with Gasteiger partial charge in [0.2, 0.25) is 17.5 Å². The number of benzene rings is 6. The fraction of sp³-hybridized carbons (Fsp3) is 0.346. The van der Waals surface area contributed by atoms with Crippen LogP contribution in [0.25, 0.3) is 0 Å². The number of esters is 1. The van der Waals surface area contributed by atoms with Gasteiger partial charge in [-0.25, -0.2) is 10.1 Å².